The van der Waals surface area contributed by atoms with Gasteiger partial charge in [0.15, 0.2) is 25.0 Å². The number of nitrogens with zero attached hydrogens (tertiary/aromatic N) is 3. The summed E-state index contributed by atoms with van der Waals surface area (Å²) in [6.45, 7) is 13.2. The molecule has 0 saturated carbocycles. The van der Waals surface area contributed by atoms with E-state index in [1.807, 2.05) is 0 Å². The van der Waals surface area contributed by atoms with E-state index >= 15 is 0 Å². The van der Waals surface area contributed by atoms with Gasteiger partial charge in [-0.2, -0.15) is 9.13 Å². The zero-order valence-electron chi connectivity index (χ0n) is 29.5. The Kier molecular flexibility index (Phi) is 7.13. The largest absolute Gasteiger partial charge is 0.378 e. The summed E-state index contributed by atoms with van der Waals surface area (Å²) in [6, 6.07) is 29.1. The minimum absolute atomic E-state index is 0.0319. The molecule has 47 heavy (non-hydrogen) atoms. The molecule has 1 aliphatic carbocycles. The molecule has 0 amide bonds. The molecule has 3 heteroatoms. The first-order valence-electron chi connectivity index (χ1n) is 18.2. The van der Waals surface area contributed by atoms with E-state index in [0.29, 0.717) is 12.0 Å². The van der Waals surface area contributed by atoms with E-state index in [9.17, 15) is 0 Å². The number of fused-ring (bicyclic) bond motifs is 3. The van der Waals surface area contributed by atoms with Crippen molar-refractivity contribution in [3.8, 4) is 22.5 Å². The SMILES string of the molecule is CCCCc1cc2c3c4[n+](ccc3c1)CC(C1Cc3ccc(N(C)C)cc3-c3cccc[n+]31)C(CC)(CC)c1cccc(c1-4)C2(C)C. The molecule has 240 valence electrons. The highest BCUT2D eigenvalue weighted by atomic mass is 15.1. The van der Waals surface area contributed by atoms with Crippen LogP contribution in [-0.4, -0.2) is 14.1 Å². The standard InChI is InChI=1S/C44H51N3/c1-8-11-15-29-24-31-21-23-46-28-37(39-26-30-19-20-32(45(6)7)27-33(30)38-18-12-13-22-47(38)39)44(9-2,10-3)35-17-14-16-34-41(35)42(46)40(31)36(25-29)43(34,4)5/h12-14,16-25,27,37,39H,8-11,15,26,28H2,1-7H3/q+2. The van der Waals surface area contributed by atoms with E-state index in [1.165, 1.54) is 74.1 Å². The van der Waals surface area contributed by atoms with Crippen molar-refractivity contribution in [1.29, 1.82) is 0 Å². The average Bonchev–Trinajstić information content (AvgIpc) is 3.21. The van der Waals surface area contributed by atoms with Crippen molar-refractivity contribution in [2.24, 2.45) is 5.92 Å². The monoisotopic (exact) mass is 621 g/mol. The third kappa shape index (κ3) is 4.31. The van der Waals surface area contributed by atoms with Crippen LogP contribution in [0.4, 0.5) is 5.69 Å². The second-order valence-electron chi connectivity index (χ2n) is 15.4. The number of benzene rings is 3. The first-order valence-corrected chi connectivity index (χ1v) is 18.2. The number of aromatic nitrogens is 2. The van der Waals surface area contributed by atoms with Gasteiger partial charge in [-0.05, 0) is 77.1 Å². The second-order valence-corrected chi connectivity index (χ2v) is 15.4. The fourth-order valence-corrected chi connectivity index (χ4v) is 9.96. The fraction of sp³-hybridized carbons (Fsp3) is 0.409. The molecule has 8 rings (SSSR count). The maximum Gasteiger partial charge on any atom is 0.221 e. The van der Waals surface area contributed by atoms with Crippen molar-refractivity contribution in [3.63, 3.8) is 0 Å². The Morgan fingerprint density at radius 1 is 0.830 bits per heavy atom. The van der Waals surface area contributed by atoms with E-state index in [0.717, 1.165) is 32.2 Å². The molecule has 0 fully saturated rings. The van der Waals surface area contributed by atoms with Crippen LogP contribution in [0.3, 0.4) is 0 Å². The number of unbranched alkanes of at least 4 members (excludes halogenated alkanes) is 1. The highest BCUT2D eigenvalue weighted by molar-refractivity contribution is 6.01. The van der Waals surface area contributed by atoms with Gasteiger partial charge in [0.2, 0.25) is 11.4 Å². The predicted molar refractivity (Wildman–Crippen MR) is 195 cm³/mol. The maximum atomic E-state index is 2.68. The molecule has 2 atom stereocenters. The molecule has 3 aliphatic rings. The van der Waals surface area contributed by atoms with Crippen molar-refractivity contribution in [2.45, 2.75) is 96.6 Å². The van der Waals surface area contributed by atoms with Crippen molar-refractivity contribution < 1.29 is 9.13 Å². The van der Waals surface area contributed by atoms with Gasteiger partial charge >= 0.3 is 0 Å². The van der Waals surface area contributed by atoms with Crippen LogP contribution >= 0.6 is 0 Å². The van der Waals surface area contributed by atoms with Crippen LogP contribution in [0.1, 0.15) is 94.2 Å². The van der Waals surface area contributed by atoms with Crippen molar-refractivity contribution in [3.05, 3.63) is 113 Å². The molecule has 0 bridgehead atoms. The van der Waals surface area contributed by atoms with Crippen LogP contribution in [0.5, 0.6) is 0 Å². The normalized spacial score (nSPS) is 19.6. The quantitative estimate of drug-likeness (QED) is 0.165. The van der Waals surface area contributed by atoms with Gasteiger partial charge in [0, 0.05) is 55.2 Å². The molecule has 3 nitrogen and oxygen atoms in total. The van der Waals surface area contributed by atoms with E-state index < -0.39 is 0 Å². The lowest BCUT2D eigenvalue weighted by molar-refractivity contribution is -0.748. The molecule has 2 aromatic heterocycles. The van der Waals surface area contributed by atoms with Crippen LogP contribution in [0.15, 0.2) is 85.2 Å². The number of hydrogen-bond acceptors (Lipinski definition) is 1. The molecular weight excluding hydrogens is 571 g/mol. The zero-order valence-corrected chi connectivity index (χ0v) is 29.5. The van der Waals surface area contributed by atoms with Gasteiger partial charge in [-0.1, -0.05) is 77.4 Å². The lowest BCUT2D eigenvalue weighted by Gasteiger charge is -2.42. The Morgan fingerprint density at radius 2 is 1.64 bits per heavy atom. The smallest absolute Gasteiger partial charge is 0.221 e. The van der Waals surface area contributed by atoms with Crippen LogP contribution < -0.4 is 14.0 Å². The Labute approximate surface area is 281 Å². The van der Waals surface area contributed by atoms with Gasteiger partial charge in [-0.25, -0.2) is 0 Å². The second kappa shape index (κ2) is 11.0. The summed E-state index contributed by atoms with van der Waals surface area (Å²) in [6.07, 6.45) is 11.7. The number of rotatable bonds is 7. The Balaban J connectivity index is 1.39. The third-order valence-electron chi connectivity index (χ3n) is 12.6. The molecule has 5 aromatic rings. The molecular formula is C44H51N3+2. The summed E-state index contributed by atoms with van der Waals surface area (Å²) in [5, 5.41) is 2.89. The van der Waals surface area contributed by atoms with E-state index in [4.69, 9.17) is 0 Å². The van der Waals surface area contributed by atoms with Crippen LogP contribution in [0.25, 0.3) is 33.3 Å². The molecule has 2 unspecified atom stereocenters. The van der Waals surface area contributed by atoms with Gasteiger partial charge in [-0.15, -0.1) is 0 Å². The molecule has 4 heterocycles. The highest BCUT2D eigenvalue weighted by Gasteiger charge is 2.55. The lowest BCUT2D eigenvalue weighted by Crippen LogP contribution is -2.57. The first kappa shape index (κ1) is 30.4. The number of anilines is 1. The molecule has 0 saturated heterocycles. The summed E-state index contributed by atoms with van der Waals surface area (Å²) in [7, 11) is 4.29. The highest BCUT2D eigenvalue weighted by Crippen LogP contribution is 2.56. The van der Waals surface area contributed by atoms with E-state index in [2.05, 4.69) is 148 Å². The third-order valence-corrected chi connectivity index (χ3v) is 12.6. The summed E-state index contributed by atoms with van der Waals surface area (Å²) in [5.74, 6) is 0.413. The fourth-order valence-electron chi connectivity index (χ4n) is 9.96. The molecule has 0 N–H and O–H groups in total. The van der Waals surface area contributed by atoms with Gasteiger partial charge < -0.3 is 4.90 Å². The number of hydrogen-bond donors (Lipinski definition) is 0. The van der Waals surface area contributed by atoms with Gasteiger partial charge in [0.05, 0.1) is 22.4 Å². The van der Waals surface area contributed by atoms with Crippen LogP contribution in [-0.2, 0) is 30.2 Å². The minimum atomic E-state index is -0.0691. The summed E-state index contributed by atoms with van der Waals surface area (Å²) < 4.78 is 5.33. The number of pyridine rings is 2. The lowest BCUT2D eigenvalue weighted by atomic mass is 9.60. The Bertz CT molecular complexity index is 2030. The summed E-state index contributed by atoms with van der Waals surface area (Å²) >= 11 is 0. The summed E-state index contributed by atoms with van der Waals surface area (Å²) in [5.41, 5.74) is 14.5. The molecule has 0 radical (unpaired) electrons. The van der Waals surface area contributed by atoms with Gasteiger partial charge in [0.25, 0.3) is 0 Å². The average molecular weight is 622 g/mol. The van der Waals surface area contributed by atoms with Crippen LogP contribution in [0.2, 0.25) is 0 Å². The zero-order chi connectivity index (χ0) is 32.7. The Morgan fingerprint density at radius 3 is 2.40 bits per heavy atom. The van der Waals surface area contributed by atoms with Gasteiger partial charge in [0.1, 0.15) is 0 Å². The van der Waals surface area contributed by atoms with Crippen LogP contribution in [0, 0.1) is 5.92 Å². The first-order chi connectivity index (χ1) is 22.7. The topological polar surface area (TPSA) is 11.0 Å². The van der Waals surface area contributed by atoms with Crippen molar-refractivity contribution in [2.75, 3.05) is 19.0 Å². The summed E-state index contributed by atoms with van der Waals surface area (Å²) in [4.78, 5) is 2.22. The molecule has 0 spiro atoms. The molecule has 2 aliphatic heterocycles. The van der Waals surface area contributed by atoms with E-state index in [-0.39, 0.29) is 10.8 Å². The maximum absolute atomic E-state index is 2.68. The molecule has 3 aromatic carbocycles. The van der Waals surface area contributed by atoms with Gasteiger partial charge in [-0.3, -0.25) is 0 Å². The number of aryl methyl sites for hydroxylation is 1. The Hall–Kier alpha value is -3.98. The van der Waals surface area contributed by atoms with E-state index in [1.54, 1.807) is 5.56 Å². The predicted octanol–water partition coefficient (Wildman–Crippen LogP) is 9.28. The van der Waals surface area contributed by atoms with Crippen molar-refractivity contribution in [1.82, 2.24) is 0 Å². The van der Waals surface area contributed by atoms with Crippen molar-refractivity contribution >= 4 is 16.5 Å². The minimum Gasteiger partial charge on any atom is -0.378 e.